The molecule has 0 unspecified atom stereocenters. The number of carbonyl (C=O) groups excluding carboxylic acids is 2. The van der Waals surface area contributed by atoms with Gasteiger partial charge in [-0.05, 0) is 93.8 Å². The van der Waals surface area contributed by atoms with E-state index in [1.54, 1.807) is 0 Å². The van der Waals surface area contributed by atoms with Crippen LogP contribution in [0.15, 0.2) is 42.5 Å². The van der Waals surface area contributed by atoms with Crippen LogP contribution < -0.4 is 4.52 Å². The van der Waals surface area contributed by atoms with E-state index >= 15 is 0 Å². The maximum absolute atomic E-state index is 14.0. The molecule has 3 nitrogen and oxygen atoms in total. The molecular formula is C30H35O3P. The second kappa shape index (κ2) is 10.7. The van der Waals surface area contributed by atoms with Crippen molar-refractivity contribution in [2.24, 2.45) is 0 Å². The zero-order valence-electron chi connectivity index (χ0n) is 21.6. The normalized spacial score (nSPS) is 11.1. The Kier molecular flexibility index (Phi) is 8.10. The summed E-state index contributed by atoms with van der Waals surface area (Å²) < 4.78 is 6.46. The van der Waals surface area contributed by atoms with Gasteiger partial charge in [-0.1, -0.05) is 61.4 Å². The molecule has 0 aliphatic carbocycles. The van der Waals surface area contributed by atoms with E-state index in [1.165, 1.54) is 0 Å². The van der Waals surface area contributed by atoms with Gasteiger partial charge in [0.1, 0.15) is 5.75 Å². The van der Waals surface area contributed by atoms with Gasteiger partial charge in [0.25, 0.3) is 0 Å². The summed E-state index contributed by atoms with van der Waals surface area (Å²) in [4.78, 5) is 28.1. The Bertz CT molecular complexity index is 1140. The molecule has 3 aromatic carbocycles. The van der Waals surface area contributed by atoms with Gasteiger partial charge in [0, 0.05) is 11.1 Å². The molecular weight excluding hydrogens is 439 g/mol. The quantitative estimate of drug-likeness (QED) is 0.310. The summed E-state index contributed by atoms with van der Waals surface area (Å²) in [6, 6.07) is 14.1. The monoisotopic (exact) mass is 474 g/mol. The Balaban J connectivity index is 2.19. The van der Waals surface area contributed by atoms with Gasteiger partial charge in [-0.25, -0.2) is 0 Å². The van der Waals surface area contributed by atoms with Crippen molar-refractivity contribution in [3.63, 3.8) is 0 Å². The molecule has 0 N–H and O–H groups in total. The van der Waals surface area contributed by atoms with Crippen LogP contribution in [0.1, 0.15) is 79.1 Å². The lowest BCUT2D eigenvalue weighted by atomic mass is 10.0. The van der Waals surface area contributed by atoms with E-state index < -0.39 is 8.15 Å². The summed E-state index contributed by atoms with van der Waals surface area (Å²) in [7, 11) is -2.11. The van der Waals surface area contributed by atoms with Crippen LogP contribution in [0.3, 0.4) is 0 Å². The summed E-state index contributed by atoms with van der Waals surface area (Å²) in [5.41, 5.74) is 8.56. The molecule has 0 aliphatic heterocycles. The van der Waals surface area contributed by atoms with E-state index in [4.69, 9.17) is 4.52 Å². The highest BCUT2D eigenvalue weighted by Crippen LogP contribution is 2.48. The minimum Gasteiger partial charge on any atom is -0.457 e. The van der Waals surface area contributed by atoms with Crippen LogP contribution in [0.25, 0.3) is 0 Å². The SMILES string of the molecule is CCc1ccc(CC)c(OP(C(=O)c2c(C)cc(C)cc2C)C(=O)c2c(C)cc(C)cc2C)c1. The Hall–Kier alpha value is -2.77. The second-order valence-corrected chi connectivity index (χ2v) is 10.8. The second-order valence-electron chi connectivity index (χ2n) is 9.19. The molecule has 0 aromatic heterocycles. The predicted molar refractivity (Wildman–Crippen MR) is 143 cm³/mol. The van der Waals surface area contributed by atoms with Crippen molar-refractivity contribution in [3.8, 4) is 5.75 Å². The average Bonchev–Trinajstić information content (AvgIpc) is 2.75. The molecule has 3 rings (SSSR count). The third-order valence-corrected chi connectivity index (χ3v) is 7.83. The van der Waals surface area contributed by atoms with E-state index in [0.29, 0.717) is 16.9 Å². The van der Waals surface area contributed by atoms with Crippen LogP contribution >= 0.6 is 8.15 Å². The third kappa shape index (κ3) is 5.31. The number of carbonyl (C=O) groups is 2. The number of hydrogen-bond acceptors (Lipinski definition) is 3. The highest BCUT2D eigenvalue weighted by molar-refractivity contribution is 7.86. The zero-order valence-corrected chi connectivity index (χ0v) is 22.5. The summed E-state index contributed by atoms with van der Waals surface area (Å²) in [6.07, 6.45) is 1.61. The molecule has 0 fully saturated rings. The molecule has 0 atom stereocenters. The molecule has 0 aliphatic rings. The lowest BCUT2D eigenvalue weighted by Crippen LogP contribution is -2.15. The topological polar surface area (TPSA) is 43.4 Å². The van der Waals surface area contributed by atoms with Crippen LogP contribution in [-0.4, -0.2) is 11.0 Å². The van der Waals surface area contributed by atoms with Gasteiger partial charge in [-0.15, -0.1) is 0 Å². The zero-order chi connectivity index (χ0) is 25.2. The van der Waals surface area contributed by atoms with Crippen molar-refractivity contribution in [2.75, 3.05) is 0 Å². The van der Waals surface area contributed by atoms with Crippen LogP contribution in [0.2, 0.25) is 0 Å². The van der Waals surface area contributed by atoms with Gasteiger partial charge in [-0.2, -0.15) is 0 Å². The van der Waals surface area contributed by atoms with Crippen molar-refractivity contribution in [2.45, 2.75) is 68.2 Å². The first-order valence-electron chi connectivity index (χ1n) is 11.9. The lowest BCUT2D eigenvalue weighted by Gasteiger charge is -2.22. The van der Waals surface area contributed by atoms with Crippen LogP contribution in [-0.2, 0) is 12.8 Å². The third-order valence-electron chi connectivity index (χ3n) is 6.26. The lowest BCUT2D eigenvalue weighted by molar-refractivity contribution is 0.103. The summed E-state index contributed by atoms with van der Waals surface area (Å²) in [6.45, 7) is 15.9. The van der Waals surface area contributed by atoms with Gasteiger partial charge >= 0.3 is 0 Å². The van der Waals surface area contributed by atoms with Crippen LogP contribution in [0, 0.1) is 41.5 Å². The Labute approximate surface area is 205 Å². The molecule has 0 heterocycles. The number of aryl methyl sites for hydroxylation is 8. The smallest absolute Gasteiger partial charge is 0.234 e. The van der Waals surface area contributed by atoms with Crippen molar-refractivity contribution in [3.05, 3.63) is 98.1 Å². The molecule has 0 spiro atoms. The van der Waals surface area contributed by atoms with E-state index in [0.717, 1.165) is 57.3 Å². The average molecular weight is 475 g/mol. The molecule has 34 heavy (non-hydrogen) atoms. The molecule has 0 saturated heterocycles. The van der Waals surface area contributed by atoms with Crippen molar-refractivity contribution in [1.29, 1.82) is 0 Å². The number of hydrogen-bond donors (Lipinski definition) is 0. The molecule has 0 bridgehead atoms. The molecule has 0 amide bonds. The van der Waals surface area contributed by atoms with Gasteiger partial charge in [0.2, 0.25) is 19.2 Å². The van der Waals surface area contributed by atoms with E-state index in [9.17, 15) is 9.59 Å². The van der Waals surface area contributed by atoms with Crippen molar-refractivity contribution >= 4 is 19.2 Å². The highest BCUT2D eigenvalue weighted by Gasteiger charge is 2.35. The number of benzene rings is 3. The molecule has 0 saturated carbocycles. The van der Waals surface area contributed by atoms with Crippen LogP contribution in [0.5, 0.6) is 5.75 Å². The van der Waals surface area contributed by atoms with E-state index in [1.807, 2.05) is 77.9 Å². The summed E-state index contributed by atoms with van der Waals surface area (Å²) in [5.74, 6) is 0.638. The van der Waals surface area contributed by atoms with E-state index in [2.05, 4.69) is 19.9 Å². The largest absolute Gasteiger partial charge is 0.457 e. The first-order valence-corrected chi connectivity index (χ1v) is 13.2. The first kappa shape index (κ1) is 25.8. The predicted octanol–water partition coefficient (Wildman–Crippen LogP) is 8.12. The highest BCUT2D eigenvalue weighted by atomic mass is 31.1. The first-order chi connectivity index (χ1) is 16.1. The minimum atomic E-state index is -2.11. The molecule has 0 radical (unpaired) electrons. The van der Waals surface area contributed by atoms with Crippen molar-refractivity contribution in [1.82, 2.24) is 0 Å². The maximum Gasteiger partial charge on any atom is 0.234 e. The maximum atomic E-state index is 14.0. The fraction of sp³-hybridized carbons (Fsp3) is 0.333. The van der Waals surface area contributed by atoms with Gasteiger partial charge in [0.05, 0.1) is 0 Å². The van der Waals surface area contributed by atoms with Gasteiger partial charge < -0.3 is 4.52 Å². The van der Waals surface area contributed by atoms with Crippen molar-refractivity contribution < 1.29 is 14.1 Å². The van der Waals surface area contributed by atoms with Gasteiger partial charge in [0.15, 0.2) is 0 Å². The Morgan fingerprint density at radius 3 is 1.50 bits per heavy atom. The van der Waals surface area contributed by atoms with E-state index in [-0.39, 0.29) is 11.0 Å². The standard InChI is InChI=1S/C30H35O3P/c1-9-24-11-12-25(10-2)26(17-24)33-34(29(31)27-20(5)13-18(3)14-21(27)6)30(32)28-22(7)15-19(4)16-23(28)8/h11-17H,9-10H2,1-8H3. The van der Waals surface area contributed by atoms with Crippen LogP contribution in [0.4, 0.5) is 0 Å². The minimum absolute atomic E-state index is 0.224. The Morgan fingerprint density at radius 2 is 1.12 bits per heavy atom. The summed E-state index contributed by atoms with van der Waals surface area (Å²) >= 11 is 0. The van der Waals surface area contributed by atoms with Gasteiger partial charge in [-0.3, -0.25) is 9.59 Å². The molecule has 4 heteroatoms. The fourth-order valence-corrected chi connectivity index (χ4v) is 6.54. The fourth-order valence-electron chi connectivity index (χ4n) is 4.71. The molecule has 3 aromatic rings. The summed E-state index contributed by atoms with van der Waals surface area (Å²) in [5, 5.41) is 0. The molecule has 178 valence electrons. The number of rotatable bonds is 8. The Morgan fingerprint density at radius 1 is 0.676 bits per heavy atom.